The summed E-state index contributed by atoms with van der Waals surface area (Å²) in [5.41, 5.74) is 3.67. The van der Waals surface area contributed by atoms with Gasteiger partial charge in [-0.2, -0.15) is 0 Å². The molecule has 0 amide bonds. The summed E-state index contributed by atoms with van der Waals surface area (Å²) in [4.78, 5) is 0. The first-order chi connectivity index (χ1) is 14.9. The zero-order valence-corrected chi connectivity index (χ0v) is 17.8. The molecular weight excluding hydrogens is 370 g/mol. The first kappa shape index (κ1) is 21.9. The molecule has 158 valence electrons. The molecule has 0 radical (unpaired) electrons. The zero-order chi connectivity index (χ0) is 20.7. The fourth-order valence-electron chi connectivity index (χ4n) is 3.26. The standard InChI is InChI=1S/C27H33NO2/c1(9-20-28-26-13-7-4-8-14-26)2-10-21-29-22-19-24-15-17-27(18-16-24)30-23-25-11-5-3-6-12-25/h3-8,11-18,28H,1-2,9-10,19-23H2. The Kier molecular flexibility index (Phi) is 9.82. The second-order valence-electron chi connectivity index (χ2n) is 7.49. The molecule has 3 aromatic rings. The van der Waals surface area contributed by atoms with Crippen LogP contribution in [0, 0.1) is 0 Å². The minimum Gasteiger partial charge on any atom is -0.489 e. The Hall–Kier alpha value is -2.78. The van der Waals surface area contributed by atoms with Gasteiger partial charge in [-0.05, 0) is 54.7 Å². The smallest absolute Gasteiger partial charge is 0.119 e. The van der Waals surface area contributed by atoms with Crippen LogP contribution in [-0.4, -0.2) is 19.8 Å². The molecule has 0 saturated carbocycles. The van der Waals surface area contributed by atoms with E-state index in [9.17, 15) is 0 Å². The van der Waals surface area contributed by atoms with E-state index in [2.05, 4.69) is 53.8 Å². The Labute approximate surface area is 181 Å². The second-order valence-corrected chi connectivity index (χ2v) is 7.49. The third kappa shape index (κ3) is 8.71. The van der Waals surface area contributed by atoms with Gasteiger partial charge in [-0.3, -0.25) is 0 Å². The SMILES string of the molecule is c1ccc(COc2ccc(CCOCCCCCCNc3ccccc3)cc2)cc1. The largest absolute Gasteiger partial charge is 0.489 e. The summed E-state index contributed by atoms with van der Waals surface area (Å²) in [6.07, 6.45) is 5.75. The van der Waals surface area contributed by atoms with Gasteiger partial charge in [0.15, 0.2) is 0 Å². The molecule has 1 N–H and O–H groups in total. The zero-order valence-electron chi connectivity index (χ0n) is 17.8. The van der Waals surface area contributed by atoms with Crippen molar-refractivity contribution in [2.24, 2.45) is 0 Å². The van der Waals surface area contributed by atoms with E-state index in [1.807, 2.05) is 36.4 Å². The van der Waals surface area contributed by atoms with Crippen LogP contribution in [0.1, 0.15) is 36.8 Å². The van der Waals surface area contributed by atoms with Crippen molar-refractivity contribution in [3.8, 4) is 5.75 Å². The number of hydrogen-bond donors (Lipinski definition) is 1. The van der Waals surface area contributed by atoms with Gasteiger partial charge in [0.2, 0.25) is 0 Å². The summed E-state index contributed by atoms with van der Waals surface area (Å²) in [6.45, 7) is 3.27. The van der Waals surface area contributed by atoms with E-state index in [0.717, 1.165) is 38.3 Å². The monoisotopic (exact) mass is 403 g/mol. The van der Waals surface area contributed by atoms with E-state index in [1.54, 1.807) is 0 Å². The lowest BCUT2D eigenvalue weighted by molar-refractivity contribution is 0.133. The molecule has 0 unspecified atom stereocenters. The third-order valence-corrected chi connectivity index (χ3v) is 5.03. The van der Waals surface area contributed by atoms with Crippen LogP contribution >= 0.6 is 0 Å². The van der Waals surface area contributed by atoms with Crippen molar-refractivity contribution in [3.05, 3.63) is 96.1 Å². The summed E-state index contributed by atoms with van der Waals surface area (Å²) in [5, 5.41) is 3.45. The number of ether oxygens (including phenoxy) is 2. The molecule has 0 spiro atoms. The van der Waals surface area contributed by atoms with Gasteiger partial charge in [-0.25, -0.2) is 0 Å². The van der Waals surface area contributed by atoms with Crippen LogP contribution in [0.15, 0.2) is 84.9 Å². The molecule has 0 aliphatic rings. The molecule has 0 aromatic heterocycles. The Morgan fingerprint density at radius 2 is 1.30 bits per heavy atom. The van der Waals surface area contributed by atoms with Crippen molar-refractivity contribution < 1.29 is 9.47 Å². The Morgan fingerprint density at radius 3 is 2.07 bits per heavy atom. The van der Waals surface area contributed by atoms with Gasteiger partial charge in [0.05, 0.1) is 6.61 Å². The first-order valence-corrected chi connectivity index (χ1v) is 11.0. The fraction of sp³-hybridized carbons (Fsp3) is 0.333. The van der Waals surface area contributed by atoms with E-state index in [1.165, 1.54) is 36.1 Å². The molecule has 3 heteroatoms. The molecule has 0 atom stereocenters. The highest BCUT2D eigenvalue weighted by Crippen LogP contribution is 2.15. The topological polar surface area (TPSA) is 30.5 Å². The van der Waals surface area contributed by atoms with Crippen molar-refractivity contribution >= 4 is 5.69 Å². The number of para-hydroxylation sites is 1. The molecule has 3 nitrogen and oxygen atoms in total. The van der Waals surface area contributed by atoms with Crippen molar-refractivity contribution in [2.45, 2.75) is 38.7 Å². The Bertz CT molecular complexity index is 803. The summed E-state index contributed by atoms with van der Waals surface area (Å²) in [7, 11) is 0. The normalized spacial score (nSPS) is 10.7. The summed E-state index contributed by atoms with van der Waals surface area (Å²) in [5.74, 6) is 0.908. The fourth-order valence-corrected chi connectivity index (χ4v) is 3.26. The lowest BCUT2D eigenvalue weighted by Crippen LogP contribution is -2.02. The minimum absolute atomic E-state index is 0.603. The maximum absolute atomic E-state index is 5.83. The highest BCUT2D eigenvalue weighted by molar-refractivity contribution is 5.42. The second kappa shape index (κ2) is 13.4. The molecule has 3 aromatic carbocycles. The quantitative estimate of drug-likeness (QED) is 0.312. The number of benzene rings is 3. The predicted molar refractivity (Wildman–Crippen MR) is 125 cm³/mol. The van der Waals surface area contributed by atoms with Gasteiger partial charge in [-0.15, -0.1) is 0 Å². The van der Waals surface area contributed by atoms with Crippen LogP contribution in [0.3, 0.4) is 0 Å². The van der Waals surface area contributed by atoms with E-state index in [4.69, 9.17) is 9.47 Å². The highest BCUT2D eigenvalue weighted by atomic mass is 16.5. The molecule has 0 aliphatic carbocycles. The summed E-state index contributed by atoms with van der Waals surface area (Å²) < 4.78 is 11.6. The van der Waals surface area contributed by atoms with E-state index in [0.29, 0.717) is 6.61 Å². The van der Waals surface area contributed by atoms with Gasteiger partial charge in [-0.1, -0.05) is 73.5 Å². The van der Waals surface area contributed by atoms with Crippen LogP contribution in [0.25, 0.3) is 0 Å². The maximum atomic E-state index is 5.83. The lowest BCUT2D eigenvalue weighted by Gasteiger charge is -2.08. The maximum Gasteiger partial charge on any atom is 0.119 e. The van der Waals surface area contributed by atoms with Crippen molar-refractivity contribution in [1.82, 2.24) is 0 Å². The molecule has 3 rings (SSSR count). The molecule has 0 fully saturated rings. The highest BCUT2D eigenvalue weighted by Gasteiger charge is 1.98. The van der Waals surface area contributed by atoms with Crippen LogP contribution in [-0.2, 0) is 17.8 Å². The molecule has 0 heterocycles. The third-order valence-electron chi connectivity index (χ3n) is 5.03. The summed E-state index contributed by atoms with van der Waals surface area (Å²) in [6, 6.07) is 29.0. The number of rotatable bonds is 14. The average molecular weight is 404 g/mol. The summed E-state index contributed by atoms with van der Waals surface area (Å²) >= 11 is 0. The van der Waals surface area contributed by atoms with E-state index < -0.39 is 0 Å². The number of unbranched alkanes of at least 4 members (excludes halogenated alkanes) is 3. The molecule has 0 aliphatic heterocycles. The van der Waals surface area contributed by atoms with E-state index >= 15 is 0 Å². The van der Waals surface area contributed by atoms with Gasteiger partial charge in [0, 0.05) is 18.8 Å². The van der Waals surface area contributed by atoms with Gasteiger partial charge in [0.1, 0.15) is 12.4 Å². The average Bonchev–Trinajstić information content (AvgIpc) is 2.81. The Balaban J connectivity index is 1.17. The number of nitrogens with one attached hydrogen (secondary N) is 1. The van der Waals surface area contributed by atoms with Crippen LogP contribution in [0.4, 0.5) is 5.69 Å². The minimum atomic E-state index is 0.603. The van der Waals surface area contributed by atoms with E-state index in [-0.39, 0.29) is 0 Å². The van der Waals surface area contributed by atoms with Crippen molar-refractivity contribution in [1.29, 1.82) is 0 Å². The molecular formula is C27H33NO2. The van der Waals surface area contributed by atoms with Crippen molar-refractivity contribution in [3.63, 3.8) is 0 Å². The molecule has 0 bridgehead atoms. The van der Waals surface area contributed by atoms with Crippen LogP contribution in [0.5, 0.6) is 5.75 Å². The van der Waals surface area contributed by atoms with Gasteiger partial charge < -0.3 is 14.8 Å². The van der Waals surface area contributed by atoms with Crippen LogP contribution < -0.4 is 10.1 Å². The molecule has 0 saturated heterocycles. The van der Waals surface area contributed by atoms with Crippen molar-refractivity contribution in [2.75, 3.05) is 25.1 Å². The predicted octanol–water partition coefficient (Wildman–Crippen LogP) is 6.50. The lowest BCUT2D eigenvalue weighted by atomic mass is 10.1. The number of anilines is 1. The molecule has 30 heavy (non-hydrogen) atoms. The number of hydrogen-bond acceptors (Lipinski definition) is 3. The van der Waals surface area contributed by atoms with Gasteiger partial charge >= 0.3 is 0 Å². The van der Waals surface area contributed by atoms with Gasteiger partial charge in [0.25, 0.3) is 0 Å². The first-order valence-electron chi connectivity index (χ1n) is 11.0. The Morgan fingerprint density at radius 1 is 0.600 bits per heavy atom. The van der Waals surface area contributed by atoms with Crippen LogP contribution in [0.2, 0.25) is 0 Å².